The van der Waals surface area contributed by atoms with Crippen LogP contribution in [-0.2, 0) is 4.74 Å². The third-order valence-corrected chi connectivity index (χ3v) is 6.41. The van der Waals surface area contributed by atoms with Gasteiger partial charge in [-0.3, -0.25) is 5.10 Å². The van der Waals surface area contributed by atoms with E-state index in [-0.39, 0.29) is 0 Å². The Kier molecular flexibility index (Phi) is 7.21. The fourth-order valence-corrected chi connectivity index (χ4v) is 4.62. The Morgan fingerprint density at radius 3 is 2.55 bits per heavy atom. The van der Waals surface area contributed by atoms with E-state index in [0.717, 1.165) is 35.2 Å². The molecule has 1 aliphatic heterocycles. The van der Waals surface area contributed by atoms with E-state index in [1.807, 2.05) is 24.8 Å². The van der Waals surface area contributed by atoms with Gasteiger partial charge in [-0.15, -0.1) is 11.8 Å². The van der Waals surface area contributed by atoms with Crippen LogP contribution in [0.15, 0.2) is 45.3 Å². The van der Waals surface area contributed by atoms with Crippen LogP contribution in [-0.4, -0.2) is 59.3 Å². The number of anilines is 3. The van der Waals surface area contributed by atoms with Gasteiger partial charge in [-0.05, 0) is 48.7 Å². The number of aryl methyl sites for hydroxylation is 1. The molecule has 0 amide bonds. The van der Waals surface area contributed by atoms with E-state index >= 15 is 0 Å². The Morgan fingerprint density at radius 1 is 1.16 bits per heavy atom. The Labute approximate surface area is 190 Å². The Bertz CT molecular complexity index is 1010. The van der Waals surface area contributed by atoms with Crippen LogP contribution >= 0.6 is 23.5 Å². The molecule has 3 heterocycles. The van der Waals surface area contributed by atoms with Crippen LogP contribution in [0.1, 0.15) is 12.6 Å². The predicted octanol–water partition coefficient (Wildman–Crippen LogP) is 4.36. The third-order valence-electron chi connectivity index (χ3n) is 4.64. The van der Waals surface area contributed by atoms with Gasteiger partial charge >= 0.3 is 0 Å². The molecule has 1 aromatic carbocycles. The molecule has 2 N–H and O–H groups in total. The number of rotatable bonds is 8. The summed E-state index contributed by atoms with van der Waals surface area (Å²) in [5.74, 6) is 3.68. The highest BCUT2D eigenvalue weighted by Gasteiger charge is 2.23. The van der Waals surface area contributed by atoms with Gasteiger partial charge in [-0.25, -0.2) is 9.97 Å². The van der Waals surface area contributed by atoms with E-state index < -0.39 is 0 Å². The summed E-state index contributed by atoms with van der Waals surface area (Å²) < 4.78 is 11.3. The van der Waals surface area contributed by atoms with Crippen molar-refractivity contribution in [2.45, 2.75) is 28.8 Å². The fourth-order valence-electron chi connectivity index (χ4n) is 3.21. The first-order valence-electron chi connectivity index (χ1n) is 10.1. The molecular weight excluding hydrogens is 432 g/mol. The van der Waals surface area contributed by atoms with Crippen molar-refractivity contribution in [1.29, 1.82) is 0 Å². The highest BCUT2D eigenvalue weighted by Crippen LogP contribution is 2.38. The van der Waals surface area contributed by atoms with Gasteiger partial charge in [0.15, 0.2) is 22.6 Å². The molecule has 0 bridgehead atoms. The molecule has 0 spiro atoms. The van der Waals surface area contributed by atoms with E-state index in [1.54, 1.807) is 7.11 Å². The summed E-state index contributed by atoms with van der Waals surface area (Å²) in [4.78, 5) is 14.1. The zero-order valence-corrected chi connectivity index (χ0v) is 19.5. The average Bonchev–Trinajstić information content (AvgIpc) is 3.20. The molecule has 10 heteroatoms. The van der Waals surface area contributed by atoms with Gasteiger partial charge in [0.25, 0.3) is 0 Å². The van der Waals surface area contributed by atoms with Gasteiger partial charge in [0, 0.05) is 34.6 Å². The summed E-state index contributed by atoms with van der Waals surface area (Å²) >= 11 is 3.36. The Hall–Kier alpha value is -2.43. The van der Waals surface area contributed by atoms with Crippen molar-refractivity contribution < 1.29 is 9.47 Å². The first-order chi connectivity index (χ1) is 15.2. The van der Waals surface area contributed by atoms with E-state index in [2.05, 4.69) is 51.6 Å². The Balaban J connectivity index is 1.68. The number of ether oxygens (including phenoxy) is 2. The minimum absolute atomic E-state index is 0.589. The number of nitrogens with zero attached hydrogens (tertiary/aromatic N) is 4. The van der Waals surface area contributed by atoms with E-state index in [4.69, 9.17) is 19.4 Å². The predicted molar refractivity (Wildman–Crippen MR) is 125 cm³/mol. The molecule has 8 nitrogen and oxygen atoms in total. The molecule has 0 aliphatic carbocycles. The smallest absolute Gasteiger partial charge is 0.204 e. The topological polar surface area (TPSA) is 88.2 Å². The van der Waals surface area contributed by atoms with Crippen LogP contribution in [0.25, 0.3) is 0 Å². The molecule has 1 fully saturated rings. The number of aromatic nitrogens is 4. The molecule has 1 aliphatic rings. The maximum atomic E-state index is 5.74. The van der Waals surface area contributed by atoms with Crippen molar-refractivity contribution in [3.05, 3.63) is 36.0 Å². The maximum Gasteiger partial charge on any atom is 0.204 e. The Morgan fingerprint density at radius 2 is 1.90 bits per heavy atom. The van der Waals surface area contributed by atoms with Crippen molar-refractivity contribution in [1.82, 2.24) is 20.2 Å². The highest BCUT2D eigenvalue weighted by molar-refractivity contribution is 7.99. The van der Waals surface area contributed by atoms with Crippen molar-refractivity contribution in [3.63, 3.8) is 0 Å². The number of hydrogen-bond acceptors (Lipinski definition) is 9. The van der Waals surface area contributed by atoms with Crippen molar-refractivity contribution in [3.8, 4) is 5.75 Å². The van der Waals surface area contributed by atoms with Gasteiger partial charge in [-0.2, -0.15) is 5.10 Å². The summed E-state index contributed by atoms with van der Waals surface area (Å²) in [7, 11) is 1.64. The lowest BCUT2D eigenvalue weighted by molar-refractivity contribution is 0.122. The zero-order valence-electron chi connectivity index (χ0n) is 17.8. The lowest BCUT2D eigenvalue weighted by Crippen LogP contribution is -2.37. The van der Waals surface area contributed by atoms with Gasteiger partial charge in [0.2, 0.25) is 5.75 Å². The first-order valence-corrected chi connectivity index (χ1v) is 11.9. The van der Waals surface area contributed by atoms with Crippen LogP contribution in [0.2, 0.25) is 0 Å². The number of hydrogen-bond donors (Lipinski definition) is 2. The zero-order chi connectivity index (χ0) is 21.6. The van der Waals surface area contributed by atoms with Crippen LogP contribution in [0, 0.1) is 6.92 Å². The summed E-state index contributed by atoms with van der Waals surface area (Å²) in [5.41, 5.74) is 0.962. The second-order valence-corrected chi connectivity index (χ2v) is 9.26. The van der Waals surface area contributed by atoms with E-state index in [0.29, 0.717) is 35.8 Å². The van der Waals surface area contributed by atoms with E-state index in [1.165, 1.54) is 16.7 Å². The monoisotopic (exact) mass is 458 g/mol. The molecular formula is C21H26N6O2S2. The second-order valence-electron chi connectivity index (χ2n) is 6.88. The second kappa shape index (κ2) is 10.3. The molecule has 2 aromatic heterocycles. The SMILES string of the molecule is CCSc1ccc(Sc2nc(Nc3cc(C)[nH]n3)c(OC)c(N3CCOCC3)n2)cc1. The lowest BCUT2D eigenvalue weighted by Gasteiger charge is -2.29. The van der Waals surface area contributed by atoms with Gasteiger partial charge in [0.05, 0.1) is 20.3 Å². The largest absolute Gasteiger partial charge is 0.490 e. The number of methoxy groups -OCH3 is 1. The third kappa shape index (κ3) is 5.44. The average molecular weight is 459 g/mol. The van der Waals surface area contributed by atoms with Crippen molar-refractivity contribution >= 4 is 41.0 Å². The highest BCUT2D eigenvalue weighted by atomic mass is 32.2. The van der Waals surface area contributed by atoms with Crippen LogP contribution < -0.4 is 15.0 Å². The normalized spacial score (nSPS) is 14.0. The van der Waals surface area contributed by atoms with E-state index in [9.17, 15) is 0 Å². The van der Waals surface area contributed by atoms with Crippen LogP contribution in [0.5, 0.6) is 5.75 Å². The summed E-state index contributed by atoms with van der Waals surface area (Å²) in [6, 6.07) is 10.4. The molecule has 3 aromatic rings. The van der Waals surface area contributed by atoms with Crippen molar-refractivity contribution in [2.24, 2.45) is 0 Å². The number of aromatic amines is 1. The molecule has 31 heavy (non-hydrogen) atoms. The maximum absolute atomic E-state index is 5.74. The number of thioether (sulfide) groups is 1. The molecule has 0 atom stereocenters. The van der Waals surface area contributed by atoms with Crippen molar-refractivity contribution in [2.75, 3.05) is 49.4 Å². The lowest BCUT2D eigenvalue weighted by atomic mass is 10.3. The number of H-pyrrole nitrogens is 1. The van der Waals surface area contributed by atoms with Gasteiger partial charge in [0.1, 0.15) is 0 Å². The molecule has 164 valence electrons. The summed E-state index contributed by atoms with van der Waals surface area (Å²) in [6.45, 7) is 6.93. The standard InChI is InChI=1S/C21H26N6O2S2/c1-4-30-15-5-7-16(8-6-15)31-21-23-19(22-17-13-14(2)25-26-17)18(28-3)20(24-21)27-9-11-29-12-10-27/h5-8,13H,4,9-12H2,1-3H3,(H2,22,23,24,25,26). The molecule has 0 saturated carbocycles. The fraction of sp³-hybridized carbons (Fsp3) is 0.381. The molecule has 4 rings (SSSR count). The molecule has 0 unspecified atom stereocenters. The number of morpholine rings is 1. The van der Waals surface area contributed by atoms with Crippen LogP contribution in [0.4, 0.5) is 17.5 Å². The summed E-state index contributed by atoms with van der Waals surface area (Å²) in [5, 5.41) is 11.1. The molecule has 0 radical (unpaired) electrons. The summed E-state index contributed by atoms with van der Waals surface area (Å²) in [6.07, 6.45) is 0. The number of benzene rings is 1. The molecule has 1 saturated heterocycles. The quantitative estimate of drug-likeness (QED) is 0.377. The van der Waals surface area contributed by atoms with Crippen LogP contribution in [0.3, 0.4) is 0 Å². The van der Waals surface area contributed by atoms with Gasteiger partial charge < -0.3 is 19.7 Å². The number of nitrogens with one attached hydrogen (secondary N) is 2. The first kappa shape index (κ1) is 21.8. The minimum Gasteiger partial charge on any atom is -0.490 e. The van der Waals surface area contributed by atoms with Gasteiger partial charge in [-0.1, -0.05) is 6.92 Å². The minimum atomic E-state index is 0.589.